The molecule has 96 valence electrons. The molecule has 0 fully saturated rings. The minimum Gasteiger partial charge on any atom is -0.359 e. The van der Waals surface area contributed by atoms with Crippen LogP contribution >= 0.6 is 22.9 Å². The Hall–Kier alpha value is -1.59. The van der Waals surface area contributed by atoms with Gasteiger partial charge in [-0.15, -0.1) is 11.3 Å². The van der Waals surface area contributed by atoms with Gasteiger partial charge in [0.1, 0.15) is 5.52 Å². The Bertz CT molecular complexity index is 756. The van der Waals surface area contributed by atoms with E-state index in [-0.39, 0.29) is 0 Å². The van der Waals surface area contributed by atoms with E-state index in [1.807, 2.05) is 23.2 Å². The van der Waals surface area contributed by atoms with Crippen LogP contribution in [-0.4, -0.2) is 14.5 Å². The fourth-order valence-electron chi connectivity index (χ4n) is 2.56. The van der Waals surface area contributed by atoms with Gasteiger partial charge in [0, 0.05) is 11.9 Å². The SMILES string of the molecule is Cn1c(Cl)nc2c(N3Cc4ncsc4C3)cccc21. The first-order valence-electron chi connectivity index (χ1n) is 6.01. The molecule has 0 atom stereocenters. The van der Waals surface area contributed by atoms with E-state index >= 15 is 0 Å². The molecule has 4 rings (SSSR count). The second-order valence-corrected chi connectivity index (χ2v) is 5.94. The number of fused-ring (bicyclic) bond motifs is 2. The minimum atomic E-state index is 0.523. The van der Waals surface area contributed by atoms with Crippen molar-refractivity contribution in [2.24, 2.45) is 7.05 Å². The molecule has 4 nitrogen and oxygen atoms in total. The number of aromatic nitrogens is 3. The molecule has 0 amide bonds. The van der Waals surface area contributed by atoms with Crippen LogP contribution in [-0.2, 0) is 20.1 Å². The molecule has 19 heavy (non-hydrogen) atoms. The fraction of sp³-hybridized carbons (Fsp3) is 0.231. The van der Waals surface area contributed by atoms with Crippen LogP contribution in [0.4, 0.5) is 5.69 Å². The highest BCUT2D eigenvalue weighted by Gasteiger charge is 2.24. The van der Waals surface area contributed by atoms with Gasteiger partial charge in [0.15, 0.2) is 0 Å². The number of rotatable bonds is 1. The third-order valence-electron chi connectivity index (χ3n) is 3.58. The molecular formula is C13H11ClN4S. The molecule has 0 unspecified atom stereocenters. The molecule has 2 aromatic heterocycles. The fourth-order valence-corrected chi connectivity index (χ4v) is 3.52. The molecule has 0 N–H and O–H groups in total. The van der Waals surface area contributed by atoms with E-state index in [2.05, 4.69) is 27.0 Å². The lowest BCUT2D eigenvalue weighted by molar-refractivity contribution is 0.874. The zero-order chi connectivity index (χ0) is 13.0. The van der Waals surface area contributed by atoms with Crippen molar-refractivity contribution in [3.8, 4) is 0 Å². The van der Waals surface area contributed by atoms with Gasteiger partial charge < -0.3 is 9.47 Å². The Labute approximate surface area is 119 Å². The molecular weight excluding hydrogens is 280 g/mol. The first-order valence-corrected chi connectivity index (χ1v) is 7.27. The van der Waals surface area contributed by atoms with Crippen molar-refractivity contribution in [2.75, 3.05) is 4.90 Å². The van der Waals surface area contributed by atoms with Crippen molar-refractivity contribution in [1.29, 1.82) is 0 Å². The lowest BCUT2D eigenvalue weighted by atomic mass is 10.2. The van der Waals surface area contributed by atoms with Crippen molar-refractivity contribution >= 4 is 39.7 Å². The van der Waals surface area contributed by atoms with E-state index in [0.717, 1.165) is 29.8 Å². The topological polar surface area (TPSA) is 34.0 Å². The van der Waals surface area contributed by atoms with Crippen molar-refractivity contribution in [3.05, 3.63) is 39.6 Å². The van der Waals surface area contributed by atoms with Crippen LogP contribution in [0.15, 0.2) is 23.7 Å². The summed E-state index contributed by atoms with van der Waals surface area (Å²) < 4.78 is 1.91. The van der Waals surface area contributed by atoms with E-state index in [9.17, 15) is 0 Å². The summed E-state index contributed by atoms with van der Waals surface area (Å²) in [7, 11) is 1.93. The minimum absolute atomic E-state index is 0.523. The number of imidazole rings is 1. The number of halogens is 1. The highest BCUT2D eigenvalue weighted by Crippen LogP contribution is 2.34. The number of aryl methyl sites for hydroxylation is 1. The van der Waals surface area contributed by atoms with Gasteiger partial charge in [-0.05, 0) is 23.7 Å². The van der Waals surface area contributed by atoms with E-state index in [0.29, 0.717) is 5.28 Å². The smallest absolute Gasteiger partial charge is 0.203 e. The molecule has 3 heterocycles. The van der Waals surface area contributed by atoms with Gasteiger partial charge in [-0.3, -0.25) is 0 Å². The summed E-state index contributed by atoms with van der Waals surface area (Å²) in [6, 6.07) is 6.19. The van der Waals surface area contributed by atoms with Gasteiger partial charge >= 0.3 is 0 Å². The first-order chi connectivity index (χ1) is 9.24. The average Bonchev–Trinajstić information content (AvgIpc) is 3.04. The van der Waals surface area contributed by atoms with Crippen LogP contribution in [0, 0.1) is 0 Å². The van der Waals surface area contributed by atoms with Crippen LogP contribution in [0.5, 0.6) is 0 Å². The normalized spacial score (nSPS) is 14.3. The van der Waals surface area contributed by atoms with Crippen molar-refractivity contribution < 1.29 is 0 Å². The third kappa shape index (κ3) is 1.58. The second kappa shape index (κ2) is 3.95. The standard InChI is InChI=1S/C13H11ClN4S/c1-17-9-3-2-4-10(12(9)16-13(17)14)18-5-8-11(6-18)19-7-15-8/h2-4,7H,5-6H2,1H3. The molecule has 0 bridgehead atoms. The summed E-state index contributed by atoms with van der Waals surface area (Å²) in [5.41, 5.74) is 6.25. The summed E-state index contributed by atoms with van der Waals surface area (Å²) in [6.07, 6.45) is 0. The van der Waals surface area contributed by atoms with Gasteiger partial charge in [0.05, 0.1) is 35.5 Å². The lowest BCUT2D eigenvalue weighted by Gasteiger charge is -2.17. The first kappa shape index (κ1) is 11.3. The number of nitrogens with zero attached hydrogens (tertiary/aromatic N) is 4. The number of hydrogen-bond acceptors (Lipinski definition) is 4. The molecule has 0 spiro atoms. The summed E-state index contributed by atoms with van der Waals surface area (Å²) in [5, 5.41) is 0.523. The molecule has 1 aliphatic heterocycles. The van der Waals surface area contributed by atoms with Crippen molar-refractivity contribution in [3.63, 3.8) is 0 Å². The Morgan fingerprint density at radius 1 is 1.32 bits per heavy atom. The highest BCUT2D eigenvalue weighted by molar-refractivity contribution is 7.09. The Morgan fingerprint density at radius 2 is 2.21 bits per heavy atom. The Kier molecular flexibility index (Phi) is 2.34. The summed E-state index contributed by atoms with van der Waals surface area (Å²) in [5.74, 6) is 0. The zero-order valence-electron chi connectivity index (χ0n) is 10.3. The molecule has 1 aromatic carbocycles. The van der Waals surface area contributed by atoms with Crippen LogP contribution in [0.25, 0.3) is 11.0 Å². The third-order valence-corrected chi connectivity index (χ3v) is 4.77. The molecule has 6 heteroatoms. The van der Waals surface area contributed by atoms with Crippen LogP contribution in [0.3, 0.4) is 0 Å². The largest absolute Gasteiger partial charge is 0.359 e. The lowest BCUT2D eigenvalue weighted by Crippen LogP contribution is -2.15. The molecule has 0 radical (unpaired) electrons. The maximum absolute atomic E-state index is 6.12. The summed E-state index contributed by atoms with van der Waals surface area (Å²) >= 11 is 7.84. The number of thiazole rings is 1. The average molecular weight is 291 g/mol. The predicted octanol–water partition coefficient (Wildman–Crippen LogP) is 3.20. The molecule has 0 saturated carbocycles. The molecule has 0 saturated heterocycles. The van der Waals surface area contributed by atoms with E-state index < -0.39 is 0 Å². The van der Waals surface area contributed by atoms with Crippen molar-refractivity contribution in [2.45, 2.75) is 13.1 Å². The van der Waals surface area contributed by atoms with Crippen molar-refractivity contribution in [1.82, 2.24) is 14.5 Å². The molecule has 3 aromatic rings. The zero-order valence-corrected chi connectivity index (χ0v) is 11.9. The van der Waals surface area contributed by atoms with Gasteiger partial charge in [-0.1, -0.05) is 6.07 Å². The van der Waals surface area contributed by atoms with E-state index in [1.165, 1.54) is 10.6 Å². The van der Waals surface area contributed by atoms with Crippen LogP contribution in [0.1, 0.15) is 10.6 Å². The predicted molar refractivity (Wildman–Crippen MR) is 77.7 cm³/mol. The van der Waals surface area contributed by atoms with Gasteiger partial charge in [-0.25, -0.2) is 9.97 Å². The Balaban J connectivity index is 1.84. The van der Waals surface area contributed by atoms with Gasteiger partial charge in [0.25, 0.3) is 0 Å². The number of hydrogen-bond donors (Lipinski definition) is 0. The monoisotopic (exact) mass is 290 g/mol. The Morgan fingerprint density at radius 3 is 3.05 bits per heavy atom. The highest BCUT2D eigenvalue weighted by atomic mass is 35.5. The number of benzene rings is 1. The second-order valence-electron chi connectivity index (χ2n) is 4.66. The maximum atomic E-state index is 6.12. The quantitative estimate of drug-likeness (QED) is 0.690. The maximum Gasteiger partial charge on any atom is 0.203 e. The van der Waals surface area contributed by atoms with Gasteiger partial charge in [0.2, 0.25) is 5.28 Å². The number of para-hydroxylation sites is 1. The number of anilines is 1. The van der Waals surface area contributed by atoms with E-state index in [4.69, 9.17) is 11.6 Å². The summed E-state index contributed by atoms with van der Waals surface area (Å²) in [4.78, 5) is 12.5. The summed E-state index contributed by atoms with van der Waals surface area (Å²) in [6.45, 7) is 1.76. The van der Waals surface area contributed by atoms with Gasteiger partial charge in [-0.2, -0.15) is 0 Å². The van der Waals surface area contributed by atoms with Crippen LogP contribution in [0.2, 0.25) is 5.28 Å². The molecule has 1 aliphatic rings. The molecule has 0 aliphatic carbocycles. The van der Waals surface area contributed by atoms with E-state index in [1.54, 1.807) is 11.3 Å². The van der Waals surface area contributed by atoms with Crippen LogP contribution < -0.4 is 4.90 Å².